The normalized spacial score (nSPS) is 20.4. The van der Waals surface area contributed by atoms with Crippen LogP contribution in [0.15, 0.2) is 11.6 Å². The molecule has 0 spiro atoms. The van der Waals surface area contributed by atoms with Crippen LogP contribution in [-0.2, 0) is 19.1 Å². The molecule has 0 saturated carbocycles. The summed E-state index contributed by atoms with van der Waals surface area (Å²) >= 11 is 0. The second-order valence-corrected chi connectivity index (χ2v) is 6.14. The zero-order valence-corrected chi connectivity index (χ0v) is 12.8. The lowest BCUT2D eigenvalue weighted by Gasteiger charge is -2.38. The van der Waals surface area contributed by atoms with Crippen LogP contribution in [0.4, 0.5) is 0 Å². The van der Waals surface area contributed by atoms with E-state index in [0.717, 1.165) is 12.0 Å². The van der Waals surface area contributed by atoms with Gasteiger partial charge in [0.05, 0.1) is 6.61 Å². The van der Waals surface area contributed by atoms with Crippen LogP contribution in [-0.4, -0.2) is 60.4 Å². The molecular weight excluding hydrogens is 272 g/mol. The Kier molecular flexibility index (Phi) is 4.34. The van der Waals surface area contributed by atoms with E-state index in [1.54, 1.807) is 11.8 Å². The van der Waals surface area contributed by atoms with Crippen molar-refractivity contribution >= 4 is 17.8 Å². The lowest BCUT2D eigenvalue weighted by atomic mass is 9.74. The third kappa shape index (κ3) is 3.43. The van der Waals surface area contributed by atoms with Crippen molar-refractivity contribution in [3.63, 3.8) is 0 Å². The van der Waals surface area contributed by atoms with Crippen molar-refractivity contribution in [2.24, 2.45) is 5.41 Å². The molecule has 2 amide bonds. The highest BCUT2D eigenvalue weighted by atomic mass is 16.5. The van der Waals surface area contributed by atoms with Crippen LogP contribution >= 0.6 is 0 Å². The lowest BCUT2D eigenvalue weighted by Crippen LogP contribution is -2.53. The van der Waals surface area contributed by atoms with E-state index < -0.39 is 11.9 Å². The Bertz CT molecular complexity index is 488. The predicted molar refractivity (Wildman–Crippen MR) is 76.3 cm³/mol. The van der Waals surface area contributed by atoms with Crippen LogP contribution in [0.1, 0.15) is 27.2 Å². The van der Waals surface area contributed by atoms with Gasteiger partial charge in [0, 0.05) is 31.8 Å². The molecule has 116 valence electrons. The first-order valence-electron chi connectivity index (χ1n) is 7.31. The minimum atomic E-state index is -0.819. The van der Waals surface area contributed by atoms with Crippen molar-refractivity contribution in [3.05, 3.63) is 11.6 Å². The SMILES string of the molecule is CCOC(=O)C(=O)N1CCN(C(=O)C2=CC(C)(C)C2)CC1. The highest BCUT2D eigenvalue weighted by molar-refractivity contribution is 6.32. The number of esters is 1. The number of amides is 2. The van der Waals surface area contributed by atoms with Crippen molar-refractivity contribution in [3.8, 4) is 0 Å². The minimum absolute atomic E-state index is 0.0533. The molecular formula is C15H22N2O4. The summed E-state index contributed by atoms with van der Waals surface area (Å²) in [5.74, 6) is -1.38. The molecule has 2 aliphatic rings. The number of piperazine rings is 1. The van der Waals surface area contributed by atoms with Crippen LogP contribution < -0.4 is 0 Å². The summed E-state index contributed by atoms with van der Waals surface area (Å²) in [5, 5.41) is 0. The molecule has 6 nitrogen and oxygen atoms in total. The van der Waals surface area contributed by atoms with Crippen molar-refractivity contribution in [1.29, 1.82) is 0 Å². The first kappa shape index (κ1) is 15.5. The third-order valence-electron chi connectivity index (χ3n) is 3.79. The Morgan fingerprint density at radius 1 is 1.14 bits per heavy atom. The molecule has 1 aliphatic carbocycles. The molecule has 6 heteroatoms. The molecule has 1 heterocycles. The zero-order valence-electron chi connectivity index (χ0n) is 12.8. The number of allylic oxidation sites excluding steroid dienone is 1. The molecule has 0 atom stereocenters. The van der Waals surface area contributed by atoms with Crippen molar-refractivity contribution < 1.29 is 19.1 Å². The third-order valence-corrected chi connectivity index (χ3v) is 3.79. The highest BCUT2D eigenvalue weighted by Gasteiger charge is 2.35. The summed E-state index contributed by atoms with van der Waals surface area (Å²) in [5.41, 5.74) is 0.970. The summed E-state index contributed by atoms with van der Waals surface area (Å²) in [6.07, 6.45) is 2.80. The van der Waals surface area contributed by atoms with Gasteiger partial charge in [-0.1, -0.05) is 19.9 Å². The highest BCUT2D eigenvalue weighted by Crippen LogP contribution is 2.38. The molecule has 0 unspecified atom stereocenters. The zero-order chi connectivity index (χ0) is 15.6. The fraction of sp³-hybridized carbons (Fsp3) is 0.667. The fourth-order valence-electron chi connectivity index (χ4n) is 2.71. The Morgan fingerprint density at radius 3 is 2.14 bits per heavy atom. The van der Waals surface area contributed by atoms with E-state index in [2.05, 4.69) is 13.8 Å². The van der Waals surface area contributed by atoms with Gasteiger partial charge in [-0.05, 0) is 18.8 Å². The minimum Gasteiger partial charge on any atom is -0.459 e. The number of ether oxygens (including phenoxy) is 1. The summed E-state index contributed by atoms with van der Waals surface area (Å²) < 4.78 is 4.70. The van der Waals surface area contributed by atoms with E-state index in [1.807, 2.05) is 6.08 Å². The van der Waals surface area contributed by atoms with E-state index in [1.165, 1.54) is 4.90 Å². The molecule has 0 aromatic carbocycles. The number of hydrogen-bond donors (Lipinski definition) is 0. The number of nitrogens with zero attached hydrogens (tertiary/aromatic N) is 2. The molecule has 0 aromatic heterocycles. The van der Waals surface area contributed by atoms with Crippen LogP contribution in [0, 0.1) is 5.41 Å². The summed E-state index contributed by atoms with van der Waals surface area (Å²) in [4.78, 5) is 38.6. The van der Waals surface area contributed by atoms with Crippen LogP contribution in [0.25, 0.3) is 0 Å². The Morgan fingerprint density at radius 2 is 1.67 bits per heavy atom. The lowest BCUT2D eigenvalue weighted by molar-refractivity contribution is -0.161. The van der Waals surface area contributed by atoms with Gasteiger partial charge in [0.15, 0.2) is 0 Å². The second-order valence-electron chi connectivity index (χ2n) is 6.14. The molecule has 21 heavy (non-hydrogen) atoms. The number of hydrogen-bond acceptors (Lipinski definition) is 4. The average molecular weight is 294 g/mol. The Hall–Kier alpha value is -1.85. The van der Waals surface area contributed by atoms with Gasteiger partial charge >= 0.3 is 11.9 Å². The van der Waals surface area contributed by atoms with Crippen molar-refractivity contribution in [2.45, 2.75) is 27.2 Å². The van der Waals surface area contributed by atoms with Crippen LogP contribution in [0.2, 0.25) is 0 Å². The Labute approximate surface area is 124 Å². The van der Waals surface area contributed by atoms with Crippen LogP contribution in [0.3, 0.4) is 0 Å². The Balaban J connectivity index is 1.85. The molecule has 0 N–H and O–H groups in total. The van der Waals surface area contributed by atoms with E-state index in [-0.39, 0.29) is 17.9 Å². The topological polar surface area (TPSA) is 66.9 Å². The molecule has 0 bridgehead atoms. The number of carbonyl (C=O) groups is 3. The van der Waals surface area contributed by atoms with Gasteiger partial charge in [-0.2, -0.15) is 0 Å². The van der Waals surface area contributed by atoms with E-state index in [9.17, 15) is 14.4 Å². The summed E-state index contributed by atoms with van der Waals surface area (Å²) in [7, 11) is 0. The maximum atomic E-state index is 12.2. The summed E-state index contributed by atoms with van der Waals surface area (Å²) in [6, 6.07) is 0. The maximum Gasteiger partial charge on any atom is 0.397 e. The quantitative estimate of drug-likeness (QED) is 0.552. The molecule has 0 aromatic rings. The number of carbonyl (C=O) groups excluding carboxylic acids is 3. The van der Waals surface area contributed by atoms with Crippen LogP contribution in [0.5, 0.6) is 0 Å². The van der Waals surface area contributed by atoms with Gasteiger partial charge in [0.25, 0.3) is 0 Å². The van der Waals surface area contributed by atoms with Gasteiger partial charge in [0.1, 0.15) is 0 Å². The van der Waals surface area contributed by atoms with E-state index >= 15 is 0 Å². The molecule has 1 fully saturated rings. The fourth-order valence-corrected chi connectivity index (χ4v) is 2.71. The molecule has 2 rings (SSSR count). The van der Waals surface area contributed by atoms with Crippen molar-refractivity contribution in [1.82, 2.24) is 9.80 Å². The van der Waals surface area contributed by atoms with Gasteiger partial charge in [0.2, 0.25) is 5.91 Å². The second kappa shape index (κ2) is 5.87. The molecule has 1 aliphatic heterocycles. The smallest absolute Gasteiger partial charge is 0.397 e. The predicted octanol–water partition coefficient (Wildman–Crippen LogP) is 0.577. The number of rotatable bonds is 2. The van der Waals surface area contributed by atoms with Crippen molar-refractivity contribution in [2.75, 3.05) is 32.8 Å². The average Bonchev–Trinajstić information content (AvgIpc) is 2.43. The monoisotopic (exact) mass is 294 g/mol. The van der Waals surface area contributed by atoms with Gasteiger partial charge in [-0.25, -0.2) is 4.79 Å². The largest absolute Gasteiger partial charge is 0.459 e. The molecule has 0 radical (unpaired) electrons. The first-order chi connectivity index (χ1) is 9.84. The summed E-state index contributed by atoms with van der Waals surface area (Å²) in [6.45, 7) is 7.71. The van der Waals surface area contributed by atoms with E-state index in [4.69, 9.17) is 4.74 Å². The van der Waals surface area contributed by atoms with E-state index in [0.29, 0.717) is 26.2 Å². The van der Waals surface area contributed by atoms with Gasteiger partial charge < -0.3 is 14.5 Å². The first-order valence-corrected chi connectivity index (χ1v) is 7.31. The van der Waals surface area contributed by atoms with Gasteiger partial charge in [-0.3, -0.25) is 9.59 Å². The standard InChI is InChI=1S/C15H22N2O4/c1-4-21-14(20)13(19)17-7-5-16(6-8-17)12(18)11-9-15(2,3)10-11/h9H,4-8,10H2,1-3H3. The maximum absolute atomic E-state index is 12.2. The molecule has 1 saturated heterocycles. The van der Waals surface area contributed by atoms with Gasteiger partial charge in [-0.15, -0.1) is 0 Å².